The van der Waals surface area contributed by atoms with Gasteiger partial charge in [0.25, 0.3) is 5.92 Å². The van der Waals surface area contributed by atoms with Gasteiger partial charge in [0.15, 0.2) is 0 Å². The van der Waals surface area contributed by atoms with Gasteiger partial charge in [0.05, 0.1) is 22.1 Å². The highest BCUT2D eigenvalue weighted by Crippen LogP contribution is 2.30. The Balaban J connectivity index is 2.15. The molecule has 110 valence electrons. The molecule has 0 bridgehead atoms. The Morgan fingerprint density at radius 2 is 1.62 bits per heavy atom. The Hall–Kier alpha value is -2.08. The van der Waals surface area contributed by atoms with E-state index in [1.165, 1.54) is 48.5 Å². The Kier molecular flexibility index (Phi) is 4.47. The van der Waals surface area contributed by atoms with Crippen molar-refractivity contribution >= 4 is 16.8 Å². The molecule has 1 N–H and O–H groups in total. The molecule has 0 aliphatic carbocycles. The van der Waals surface area contributed by atoms with E-state index in [-0.39, 0.29) is 16.0 Å². The molecule has 2 aromatic carbocycles. The highest BCUT2D eigenvalue weighted by molar-refractivity contribution is 7.85. The first-order chi connectivity index (χ1) is 9.90. The second kappa shape index (κ2) is 6.13. The minimum absolute atomic E-state index is 0.0190. The summed E-state index contributed by atoms with van der Waals surface area (Å²) in [6.07, 6.45) is 0. The van der Waals surface area contributed by atoms with Gasteiger partial charge in [-0.2, -0.15) is 0 Å². The van der Waals surface area contributed by atoms with Crippen molar-refractivity contribution in [3.05, 3.63) is 65.7 Å². The predicted octanol–water partition coefficient (Wildman–Crippen LogP) is 3.28. The molecule has 6 heteroatoms. The van der Waals surface area contributed by atoms with E-state index in [2.05, 4.69) is 0 Å². The van der Waals surface area contributed by atoms with E-state index >= 15 is 0 Å². The summed E-state index contributed by atoms with van der Waals surface area (Å²) in [4.78, 5) is 10.9. The lowest BCUT2D eigenvalue weighted by molar-refractivity contribution is 0.0222. The van der Waals surface area contributed by atoms with Crippen LogP contribution >= 0.6 is 0 Å². The second-order valence-corrected chi connectivity index (χ2v) is 5.84. The van der Waals surface area contributed by atoms with E-state index in [4.69, 9.17) is 5.11 Å². The number of carboxylic acid groups (broad SMARTS) is 1. The van der Waals surface area contributed by atoms with E-state index in [1.54, 1.807) is 6.07 Å². The van der Waals surface area contributed by atoms with Gasteiger partial charge in [-0.1, -0.05) is 30.3 Å². The summed E-state index contributed by atoms with van der Waals surface area (Å²) in [6, 6.07) is 12.3. The molecular weight excluding hydrogens is 298 g/mol. The lowest BCUT2D eigenvalue weighted by Crippen LogP contribution is -2.22. The van der Waals surface area contributed by atoms with Gasteiger partial charge in [0.2, 0.25) is 0 Å². The fraction of sp³-hybridized carbons (Fsp3) is 0.133. The summed E-state index contributed by atoms with van der Waals surface area (Å²) >= 11 is 0. The number of rotatable bonds is 5. The van der Waals surface area contributed by atoms with Gasteiger partial charge >= 0.3 is 5.97 Å². The number of alkyl halides is 2. The molecule has 1 unspecified atom stereocenters. The van der Waals surface area contributed by atoms with Crippen LogP contribution in [-0.4, -0.2) is 21.0 Å². The number of benzene rings is 2. The maximum Gasteiger partial charge on any atom is 0.335 e. The molecule has 0 saturated heterocycles. The van der Waals surface area contributed by atoms with Gasteiger partial charge in [0, 0.05) is 10.5 Å². The van der Waals surface area contributed by atoms with Crippen molar-refractivity contribution in [2.45, 2.75) is 10.8 Å². The summed E-state index contributed by atoms with van der Waals surface area (Å²) < 4.78 is 40.0. The van der Waals surface area contributed by atoms with Gasteiger partial charge in [-0.25, -0.2) is 13.6 Å². The zero-order chi connectivity index (χ0) is 15.5. The standard InChI is InChI=1S/C15H12F2O3S/c16-15(17,12-4-2-1-3-5-12)10-21(20)13-8-6-11(7-9-13)14(18)19/h1-9H,10H2,(H,18,19). The molecule has 21 heavy (non-hydrogen) atoms. The summed E-state index contributed by atoms with van der Waals surface area (Å²) in [7, 11) is -1.92. The summed E-state index contributed by atoms with van der Waals surface area (Å²) in [5.74, 6) is -5.18. The molecule has 1 atom stereocenters. The van der Waals surface area contributed by atoms with Crippen LogP contribution in [0.15, 0.2) is 59.5 Å². The highest BCUT2D eigenvalue weighted by Gasteiger charge is 2.34. The molecule has 0 aromatic heterocycles. The van der Waals surface area contributed by atoms with Crippen LogP contribution in [0.2, 0.25) is 0 Å². The third kappa shape index (κ3) is 3.72. The molecule has 2 aromatic rings. The second-order valence-electron chi connectivity index (χ2n) is 4.39. The molecule has 3 nitrogen and oxygen atoms in total. The molecule has 0 saturated carbocycles. The summed E-state index contributed by atoms with van der Waals surface area (Å²) in [5.41, 5.74) is -0.175. The van der Waals surface area contributed by atoms with E-state index in [1.807, 2.05) is 0 Å². The average Bonchev–Trinajstić information content (AvgIpc) is 2.48. The topological polar surface area (TPSA) is 54.4 Å². The molecule has 0 aliphatic rings. The number of hydrogen-bond acceptors (Lipinski definition) is 2. The van der Waals surface area contributed by atoms with Crippen LogP contribution < -0.4 is 0 Å². The summed E-state index contributed by atoms with van der Waals surface area (Å²) in [5, 5.41) is 8.75. The molecule has 0 amide bonds. The maximum absolute atomic E-state index is 14.0. The van der Waals surface area contributed by atoms with Crippen molar-refractivity contribution in [1.29, 1.82) is 0 Å². The van der Waals surface area contributed by atoms with E-state index in [9.17, 15) is 17.8 Å². The van der Waals surface area contributed by atoms with Crippen molar-refractivity contribution in [2.75, 3.05) is 5.75 Å². The quantitative estimate of drug-likeness (QED) is 0.922. The number of carboxylic acids is 1. The fourth-order valence-corrected chi connectivity index (χ4v) is 2.86. The molecule has 0 heterocycles. The van der Waals surface area contributed by atoms with Gasteiger partial charge in [-0.15, -0.1) is 0 Å². The normalized spacial score (nSPS) is 12.9. The van der Waals surface area contributed by atoms with E-state index in [0.717, 1.165) is 0 Å². The zero-order valence-electron chi connectivity index (χ0n) is 10.8. The van der Waals surface area contributed by atoms with Gasteiger partial charge in [0.1, 0.15) is 0 Å². The zero-order valence-corrected chi connectivity index (χ0v) is 11.6. The van der Waals surface area contributed by atoms with Crippen LogP contribution in [0.4, 0.5) is 8.78 Å². The van der Waals surface area contributed by atoms with E-state index < -0.39 is 28.4 Å². The third-order valence-corrected chi connectivity index (χ3v) is 4.30. The fourth-order valence-electron chi connectivity index (χ4n) is 1.76. The van der Waals surface area contributed by atoms with Crippen molar-refractivity contribution in [3.8, 4) is 0 Å². The Morgan fingerprint density at radius 3 is 2.14 bits per heavy atom. The smallest absolute Gasteiger partial charge is 0.335 e. The number of aromatic carboxylic acids is 1. The predicted molar refractivity (Wildman–Crippen MR) is 75.0 cm³/mol. The molecule has 0 fully saturated rings. The van der Waals surface area contributed by atoms with Crippen LogP contribution in [0.5, 0.6) is 0 Å². The molecule has 0 aliphatic heterocycles. The number of hydrogen-bond donors (Lipinski definition) is 1. The van der Waals surface area contributed by atoms with Crippen LogP contribution in [0.25, 0.3) is 0 Å². The van der Waals surface area contributed by atoms with Gasteiger partial charge in [-0.05, 0) is 24.3 Å². The number of halogens is 2. The highest BCUT2D eigenvalue weighted by atomic mass is 32.2. The molecule has 0 radical (unpaired) electrons. The first kappa shape index (κ1) is 15.3. The van der Waals surface area contributed by atoms with Crippen molar-refractivity contribution in [3.63, 3.8) is 0 Å². The lowest BCUT2D eigenvalue weighted by Gasteiger charge is -2.16. The summed E-state index contributed by atoms with van der Waals surface area (Å²) in [6.45, 7) is 0. The minimum atomic E-state index is -3.21. The lowest BCUT2D eigenvalue weighted by atomic mass is 10.1. The SMILES string of the molecule is O=C(O)c1ccc(S(=O)CC(F)(F)c2ccccc2)cc1. The molecule has 2 rings (SSSR count). The van der Waals surface area contributed by atoms with E-state index in [0.29, 0.717) is 0 Å². The average molecular weight is 310 g/mol. The van der Waals surface area contributed by atoms with Gasteiger partial charge < -0.3 is 5.11 Å². The first-order valence-electron chi connectivity index (χ1n) is 6.05. The van der Waals surface area contributed by atoms with Crippen molar-refractivity contribution < 1.29 is 22.9 Å². The van der Waals surface area contributed by atoms with Crippen LogP contribution in [0, 0.1) is 0 Å². The van der Waals surface area contributed by atoms with Gasteiger partial charge in [-0.3, -0.25) is 4.21 Å². The first-order valence-corrected chi connectivity index (χ1v) is 7.37. The van der Waals surface area contributed by atoms with Crippen LogP contribution in [0.3, 0.4) is 0 Å². The Labute approximate surface area is 122 Å². The number of carbonyl (C=O) groups is 1. The van der Waals surface area contributed by atoms with Crippen molar-refractivity contribution in [2.24, 2.45) is 0 Å². The minimum Gasteiger partial charge on any atom is -0.478 e. The third-order valence-electron chi connectivity index (χ3n) is 2.87. The van der Waals surface area contributed by atoms with Crippen molar-refractivity contribution in [1.82, 2.24) is 0 Å². The largest absolute Gasteiger partial charge is 0.478 e. The maximum atomic E-state index is 14.0. The molecule has 0 spiro atoms. The van der Waals surface area contributed by atoms with Crippen LogP contribution in [0.1, 0.15) is 15.9 Å². The monoisotopic (exact) mass is 310 g/mol. The Morgan fingerprint density at radius 1 is 1.05 bits per heavy atom. The Bertz CT molecular complexity index is 654. The van der Waals surface area contributed by atoms with Crippen LogP contribution in [-0.2, 0) is 16.7 Å². The molecular formula is C15H12F2O3S.